The lowest BCUT2D eigenvalue weighted by Crippen LogP contribution is -2.16. The van der Waals surface area contributed by atoms with E-state index in [-0.39, 0.29) is 11.8 Å². The first-order valence-corrected chi connectivity index (χ1v) is 45.6. The summed E-state index contributed by atoms with van der Waals surface area (Å²) < 4.78 is 6.23. The van der Waals surface area contributed by atoms with E-state index in [0.717, 1.165) is 146 Å². The number of para-hydroxylation sites is 8. The number of fused-ring (bicyclic) bond motifs is 2. The Kier molecular flexibility index (Phi) is 27.0. The lowest BCUT2D eigenvalue weighted by molar-refractivity contribution is 0.477. The third kappa shape index (κ3) is 18.0. The fraction of sp³-hybridized carbons (Fsp3) is 0.0976. The van der Waals surface area contributed by atoms with Gasteiger partial charge in [0, 0.05) is 89.9 Å². The highest BCUT2D eigenvalue weighted by atomic mass is 16.5. The molecule has 19 rings (SSSR count). The Morgan fingerprint density at radius 3 is 0.743 bits per heavy atom. The topological polar surface area (TPSA) is 200 Å². The van der Waals surface area contributed by atoms with Crippen LogP contribution in [0.5, 0.6) is 11.5 Å². The van der Waals surface area contributed by atoms with Gasteiger partial charge in [-0.3, -0.25) is 0 Å². The van der Waals surface area contributed by atoms with E-state index < -0.39 is 0 Å². The molecule has 18 aromatic rings. The minimum absolute atomic E-state index is 0.0856. The smallest absolute Gasteiger partial charge is 0.151 e. The van der Waals surface area contributed by atoms with Crippen LogP contribution in [0.2, 0.25) is 0 Å². The van der Waals surface area contributed by atoms with Gasteiger partial charge in [-0.2, -0.15) is 31.6 Å². The maximum atomic E-state index is 10.9. The summed E-state index contributed by atoms with van der Waals surface area (Å²) in [5.41, 5.74) is 30.7. The number of ether oxygens (including phenoxy) is 1. The third-order valence-electron chi connectivity index (χ3n) is 24.6. The van der Waals surface area contributed by atoms with Crippen molar-refractivity contribution in [1.82, 2.24) is 15.0 Å². The molecule has 1 aliphatic heterocycles. The number of hydrogen-bond acceptors (Lipinski definition) is 13. The van der Waals surface area contributed by atoms with Gasteiger partial charge in [0.05, 0.1) is 78.9 Å². The van der Waals surface area contributed by atoms with Gasteiger partial charge in [-0.1, -0.05) is 321 Å². The van der Waals surface area contributed by atoms with Crippen LogP contribution in [0, 0.1) is 81.8 Å². The summed E-state index contributed by atoms with van der Waals surface area (Å²) in [5.74, 6) is 1.72. The zero-order valence-corrected chi connectivity index (χ0v) is 76.8. The van der Waals surface area contributed by atoms with Crippen molar-refractivity contribution in [2.75, 3.05) is 14.7 Å². The fourth-order valence-electron chi connectivity index (χ4n) is 18.4. The van der Waals surface area contributed by atoms with E-state index in [1.165, 1.54) is 0 Å². The molecule has 0 atom stereocenters. The molecule has 0 N–H and O–H groups in total. The Labute approximate surface area is 795 Å². The highest BCUT2D eigenvalue weighted by Crippen LogP contribution is 2.54. The van der Waals surface area contributed by atoms with Gasteiger partial charge >= 0.3 is 0 Å². The summed E-state index contributed by atoms with van der Waals surface area (Å²) in [6, 6.07) is 144. The molecule has 0 spiro atoms. The second-order valence-electron chi connectivity index (χ2n) is 33.7. The predicted octanol–water partition coefficient (Wildman–Crippen LogP) is 32.0. The number of nitriles is 6. The average molecular weight is 1760 g/mol. The van der Waals surface area contributed by atoms with Gasteiger partial charge < -0.3 is 19.4 Å². The van der Waals surface area contributed by atoms with Crippen molar-refractivity contribution in [3.8, 4) is 149 Å². The first kappa shape index (κ1) is 89.9. The molecule has 4 heterocycles. The molecular weight excluding hydrogens is 1660 g/mol. The van der Waals surface area contributed by atoms with Crippen LogP contribution >= 0.6 is 0 Å². The number of aromatic nitrogens is 3. The van der Waals surface area contributed by atoms with Crippen LogP contribution in [0.15, 0.2) is 388 Å². The number of hydrogen-bond donors (Lipinski definition) is 0. The molecule has 0 saturated heterocycles. The molecule has 13 nitrogen and oxygen atoms in total. The van der Waals surface area contributed by atoms with E-state index in [4.69, 9.17) is 19.7 Å². The van der Waals surface area contributed by atoms with Crippen molar-refractivity contribution >= 4 is 51.2 Å². The van der Waals surface area contributed by atoms with Gasteiger partial charge in [-0.05, 0) is 198 Å². The number of anilines is 9. The average Bonchev–Trinajstić information content (AvgIpc) is 0.742. The lowest BCUT2D eigenvalue weighted by Gasteiger charge is -2.33. The van der Waals surface area contributed by atoms with E-state index in [1.54, 1.807) is 0 Å². The second-order valence-corrected chi connectivity index (χ2v) is 33.7. The summed E-state index contributed by atoms with van der Waals surface area (Å²) in [6.07, 6.45) is 1.43. The standard InChI is InChI=1S/C43H36N4.C41H32N4.C39H26N4O/c1-29(2)36-25-35(47(33-21-13-7-14-22-33)34-23-15-8-16-24-34)26-37(30(3)4)40(36)41-38(27-44)42(31-17-9-5-10-18-31)46-43(39(41)28-45)32-19-11-6-12-20-32;1-3-29-25-35(45(33-21-13-7-14-22-33)34-23-15-8-16-24-34)26-30(4-2)38(29)39-36(27-42)40(31-17-9-5-10-18-31)44-41(37(39)28-43)32-19-11-6-12-20-32;1-25-21-29(43-32-17-9-11-19-34(32)44-35-20-12-10-18-33(35)43)22-26(2)36(25)37-30(23-40)38(27-13-5-3-6-14-27)42-39(31(37)24-41)28-15-7-4-8-16-28/h5-26,29-30H,1-4H3;5-26H,3-4H2,1-2H3;3-22H,1-2H3. The van der Waals surface area contributed by atoms with Crippen LogP contribution < -0.4 is 19.4 Å². The molecule has 0 unspecified atom stereocenters. The van der Waals surface area contributed by atoms with Gasteiger partial charge in [0.1, 0.15) is 36.4 Å². The number of pyridine rings is 3. The predicted molar refractivity (Wildman–Crippen MR) is 550 cm³/mol. The van der Waals surface area contributed by atoms with E-state index in [1.807, 2.05) is 293 Å². The van der Waals surface area contributed by atoms with Crippen molar-refractivity contribution in [3.63, 3.8) is 0 Å². The van der Waals surface area contributed by atoms with Gasteiger partial charge in [0.15, 0.2) is 11.5 Å². The molecule has 3 aromatic heterocycles. The summed E-state index contributed by atoms with van der Waals surface area (Å²) in [5, 5.41) is 64.6. The third-order valence-corrected chi connectivity index (χ3v) is 24.6. The van der Waals surface area contributed by atoms with E-state index in [0.29, 0.717) is 97.1 Å². The molecule has 136 heavy (non-hydrogen) atoms. The summed E-state index contributed by atoms with van der Waals surface area (Å²) in [7, 11) is 0. The van der Waals surface area contributed by atoms with Gasteiger partial charge in [0.2, 0.25) is 0 Å². The Morgan fingerprint density at radius 2 is 0.493 bits per heavy atom. The molecule has 0 radical (unpaired) electrons. The minimum atomic E-state index is 0.0856. The highest BCUT2D eigenvalue weighted by molar-refractivity contribution is 5.98. The Bertz CT molecular complexity index is 7280. The minimum Gasteiger partial charge on any atom is -0.453 e. The normalized spacial score (nSPS) is 11.0. The zero-order chi connectivity index (χ0) is 94.3. The van der Waals surface area contributed by atoms with Crippen LogP contribution in [0.1, 0.15) is 120 Å². The number of rotatable bonds is 20. The number of benzene rings is 15. The Hall–Kier alpha value is -18.1. The van der Waals surface area contributed by atoms with Crippen molar-refractivity contribution < 1.29 is 4.74 Å². The van der Waals surface area contributed by atoms with Crippen molar-refractivity contribution in [2.24, 2.45) is 0 Å². The maximum Gasteiger partial charge on any atom is 0.151 e. The molecule has 0 saturated carbocycles. The molecule has 0 bridgehead atoms. The SMILES string of the molecule is CC(C)c1cc(N(c2ccccc2)c2ccccc2)cc(C(C)C)c1-c1c(C#N)c(-c2ccccc2)nc(-c2ccccc2)c1C#N.CCc1cc(N(c2ccccc2)c2ccccc2)cc(CC)c1-c1c(C#N)c(-c2ccccc2)nc(-c2ccccc2)c1C#N.Cc1cc(N2c3ccccc3Oc3ccccc32)cc(C)c1-c1c(C#N)c(-c2ccccc2)nc(-c2ccccc2)c1C#N. The molecule has 13 heteroatoms. The van der Waals surface area contributed by atoms with E-state index >= 15 is 0 Å². The first-order valence-electron chi connectivity index (χ1n) is 45.6. The van der Waals surface area contributed by atoms with Crippen molar-refractivity contribution in [2.45, 2.75) is 80.1 Å². The Balaban J connectivity index is 0.000000142. The molecule has 1 aliphatic rings. The maximum absolute atomic E-state index is 10.9. The zero-order valence-electron chi connectivity index (χ0n) is 76.8. The van der Waals surface area contributed by atoms with Gasteiger partial charge in [-0.15, -0.1) is 0 Å². The van der Waals surface area contributed by atoms with E-state index in [2.05, 4.69) is 202 Å². The van der Waals surface area contributed by atoms with Gasteiger partial charge in [-0.25, -0.2) is 15.0 Å². The van der Waals surface area contributed by atoms with Crippen molar-refractivity contribution in [3.05, 3.63) is 455 Å². The molecule has 0 fully saturated rings. The first-order chi connectivity index (χ1) is 66.7. The van der Waals surface area contributed by atoms with Crippen LogP contribution in [-0.2, 0) is 12.8 Å². The molecule has 0 aliphatic carbocycles. The highest BCUT2D eigenvalue weighted by Gasteiger charge is 2.34. The molecule has 15 aromatic carbocycles. The Morgan fingerprint density at radius 1 is 0.265 bits per heavy atom. The van der Waals surface area contributed by atoms with Gasteiger partial charge in [0.25, 0.3) is 0 Å². The molecule has 0 amide bonds. The second kappa shape index (κ2) is 40.9. The molecular formula is C123H94N12O. The van der Waals surface area contributed by atoms with Crippen molar-refractivity contribution in [1.29, 1.82) is 31.6 Å². The van der Waals surface area contributed by atoms with Crippen LogP contribution in [0.4, 0.5) is 51.2 Å². The van der Waals surface area contributed by atoms with Crippen LogP contribution in [0.3, 0.4) is 0 Å². The fourth-order valence-corrected chi connectivity index (χ4v) is 18.4. The summed E-state index contributed by atoms with van der Waals surface area (Å²) in [6.45, 7) is 17.1. The molecule has 652 valence electrons. The van der Waals surface area contributed by atoms with E-state index in [9.17, 15) is 31.6 Å². The summed E-state index contributed by atoms with van der Waals surface area (Å²) >= 11 is 0. The number of nitrogens with zero attached hydrogens (tertiary/aromatic N) is 12. The quantitative estimate of drug-likeness (QED) is 0.0698. The monoisotopic (exact) mass is 1750 g/mol. The summed E-state index contributed by atoms with van der Waals surface area (Å²) in [4.78, 5) is 21.8. The largest absolute Gasteiger partial charge is 0.453 e. The van der Waals surface area contributed by atoms with Crippen LogP contribution in [0.25, 0.3) is 101 Å². The number of aryl methyl sites for hydroxylation is 4. The van der Waals surface area contributed by atoms with Crippen LogP contribution in [-0.4, -0.2) is 15.0 Å². The lowest BCUT2D eigenvalue weighted by atomic mass is 9.80.